The zero-order valence-electron chi connectivity index (χ0n) is 9.53. The number of aryl methyl sites for hydroxylation is 2. The van der Waals surface area contributed by atoms with Crippen molar-refractivity contribution in [1.29, 1.82) is 5.26 Å². The van der Waals surface area contributed by atoms with Crippen LogP contribution in [-0.4, -0.2) is 12.5 Å². The first-order chi connectivity index (χ1) is 7.61. The van der Waals surface area contributed by atoms with Crippen molar-refractivity contribution in [3.8, 4) is 6.07 Å². The molecule has 0 aromatic heterocycles. The molecule has 0 spiro atoms. The molecular weight excluding hydrogens is 200 g/mol. The molecule has 1 fully saturated rings. The topological polar surface area (TPSA) is 44.1 Å². The second kappa shape index (κ2) is 3.97. The second-order valence-corrected chi connectivity index (χ2v) is 4.32. The minimum Gasteiger partial charge on any atom is -0.311 e. The van der Waals surface area contributed by atoms with Crippen molar-refractivity contribution >= 4 is 11.6 Å². The van der Waals surface area contributed by atoms with Gasteiger partial charge in [-0.15, -0.1) is 0 Å². The lowest BCUT2D eigenvalue weighted by molar-refractivity contribution is -0.117. The highest BCUT2D eigenvalue weighted by Crippen LogP contribution is 2.27. The van der Waals surface area contributed by atoms with Crippen molar-refractivity contribution in [3.05, 3.63) is 29.3 Å². The van der Waals surface area contributed by atoms with Gasteiger partial charge < -0.3 is 4.90 Å². The predicted octanol–water partition coefficient (Wildman–Crippen LogP) is 2.18. The van der Waals surface area contributed by atoms with Gasteiger partial charge in [0.25, 0.3) is 0 Å². The highest BCUT2D eigenvalue weighted by Gasteiger charge is 2.31. The van der Waals surface area contributed by atoms with Crippen LogP contribution < -0.4 is 4.90 Å². The summed E-state index contributed by atoms with van der Waals surface area (Å²) >= 11 is 0. The largest absolute Gasteiger partial charge is 0.311 e. The lowest BCUT2D eigenvalue weighted by atomic mass is 10.1. The molecule has 1 aliphatic rings. The normalized spacial score (nSPS) is 19.9. The third-order valence-electron chi connectivity index (χ3n) is 2.95. The van der Waals surface area contributed by atoms with Gasteiger partial charge in [0.1, 0.15) is 0 Å². The van der Waals surface area contributed by atoms with E-state index < -0.39 is 0 Å². The van der Waals surface area contributed by atoms with E-state index in [1.165, 1.54) is 5.56 Å². The molecule has 1 heterocycles. The third kappa shape index (κ3) is 1.79. The van der Waals surface area contributed by atoms with Gasteiger partial charge in [0.15, 0.2) is 0 Å². The zero-order valence-corrected chi connectivity index (χ0v) is 9.53. The van der Waals surface area contributed by atoms with Crippen molar-refractivity contribution in [2.24, 2.45) is 5.92 Å². The summed E-state index contributed by atoms with van der Waals surface area (Å²) < 4.78 is 0. The van der Waals surface area contributed by atoms with Crippen LogP contribution in [-0.2, 0) is 4.79 Å². The molecule has 2 rings (SSSR count). The van der Waals surface area contributed by atoms with Crippen LogP contribution in [0.1, 0.15) is 17.5 Å². The van der Waals surface area contributed by atoms with E-state index in [4.69, 9.17) is 5.26 Å². The van der Waals surface area contributed by atoms with Gasteiger partial charge in [-0.1, -0.05) is 17.7 Å². The molecule has 16 heavy (non-hydrogen) atoms. The fraction of sp³-hybridized carbons (Fsp3) is 0.385. The second-order valence-electron chi connectivity index (χ2n) is 4.32. The lowest BCUT2D eigenvalue weighted by Gasteiger charge is -2.18. The molecule has 0 saturated carbocycles. The van der Waals surface area contributed by atoms with Gasteiger partial charge in [-0.2, -0.15) is 5.26 Å². The predicted molar refractivity (Wildman–Crippen MR) is 62.0 cm³/mol. The number of hydrogen-bond donors (Lipinski definition) is 0. The van der Waals surface area contributed by atoms with Crippen molar-refractivity contribution in [2.75, 3.05) is 11.4 Å². The number of benzene rings is 1. The van der Waals surface area contributed by atoms with Crippen LogP contribution >= 0.6 is 0 Å². The van der Waals surface area contributed by atoms with Crippen LogP contribution in [0.15, 0.2) is 18.2 Å². The highest BCUT2D eigenvalue weighted by molar-refractivity contribution is 5.96. The minimum absolute atomic E-state index is 0.0542. The average molecular weight is 214 g/mol. The smallest absolute Gasteiger partial charge is 0.228 e. The molecule has 1 saturated heterocycles. The lowest BCUT2D eigenvalue weighted by Crippen LogP contribution is -2.25. The van der Waals surface area contributed by atoms with Crippen molar-refractivity contribution in [3.63, 3.8) is 0 Å². The molecule has 0 bridgehead atoms. The Hall–Kier alpha value is -1.82. The number of hydrogen-bond acceptors (Lipinski definition) is 2. The molecule has 82 valence electrons. The van der Waals surface area contributed by atoms with Crippen LogP contribution in [0.5, 0.6) is 0 Å². The first kappa shape index (κ1) is 10.7. The molecule has 0 radical (unpaired) electrons. The van der Waals surface area contributed by atoms with Crippen LogP contribution in [0.25, 0.3) is 0 Å². The summed E-state index contributed by atoms with van der Waals surface area (Å²) in [6, 6.07) is 8.18. The van der Waals surface area contributed by atoms with Crippen LogP contribution in [0.3, 0.4) is 0 Å². The number of carbonyl (C=O) groups is 1. The van der Waals surface area contributed by atoms with Gasteiger partial charge in [0.05, 0.1) is 12.0 Å². The maximum atomic E-state index is 11.8. The zero-order chi connectivity index (χ0) is 11.7. The van der Waals surface area contributed by atoms with Crippen LogP contribution in [0, 0.1) is 31.1 Å². The Morgan fingerprint density at radius 2 is 2.19 bits per heavy atom. The Morgan fingerprint density at radius 1 is 1.44 bits per heavy atom. The van der Waals surface area contributed by atoms with E-state index in [0.717, 1.165) is 11.3 Å². The third-order valence-corrected chi connectivity index (χ3v) is 2.95. The van der Waals surface area contributed by atoms with E-state index >= 15 is 0 Å². The molecule has 1 aromatic rings. The number of rotatable bonds is 1. The van der Waals surface area contributed by atoms with Gasteiger partial charge in [-0.05, 0) is 25.5 Å². The average Bonchev–Trinajstić information content (AvgIpc) is 2.60. The van der Waals surface area contributed by atoms with E-state index in [-0.39, 0.29) is 11.8 Å². The van der Waals surface area contributed by atoms with Crippen LogP contribution in [0.2, 0.25) is 0 Å². The maximum absolute atomic E-state index is 11.8. The summed E-state index contributed by atoms with van der Waals surface area (Å²) in [6.45, 7) is 4.55. The molecule has 0 N–H and O–H groups in total. The molecule has 1 aromatic carbocycles. The fourth-order valence-electron chi connectivity index (χ4n) is 2.14. The SMILES string of the molecule is Cc1ccc(N2CC(C#N)CC2=O)c(C)c1. The summed E-state index contributed by atoms with van der Waals surface area (Å²) in [7, 11) is 0. The first-order valence-corrected chi connectivity index (χ1v) is 5.39. The monoisotopic (exact) mass is 214 g/mol. The minimum atomic E-state index is -0.159. The summed E-state index contributed by atoms with van der Waals surface area (Å²) in [6.07, 6.45) is 0.351. The molecule has 3 nitrogen and oxygen atoms in total. The van der Waals surface area contributed by atoms with Gasteiger partial charge in [-0.25, -0.2) is 0 Å². The van der Waals surface area contributed by atoms with Crippen molar-refractivity contribution in [1.82, 2.24) is 0 Å². The first-order valence-electron chi connectivity index (χ1n) is 5.39. The van der Waals surface area contributed by atoms with E-state index in [2.05, 4.69) is 12.1 Å². The molecule has 0 aliphatic carbocycles. The van der Waals surface area contributed by atoms with Crippen LogP contribution in [0.4, 0.5) is 5.69 Å². The number of nitrogens with zero attached hydrogens (tertiary/aromatic N) is 2. The summed E-state index contributed by atoms with van der Waals surface area (Å²) in [5.74, 6) is -0.105. The Kier molecular flexibility index (Phi) is 2.66. The van der Waals surface area contributed by atoms with Gasteiger partial charge >= 0.3 is 0 Å². The summed E-state index contributed by atoms with van der Waals surface area (Å²) in [5, 5.41) is 8.83. The summed E-state index contributed by atoms with van der Waals surface area (Å²) in [4.78, 5) is 13.5. The summed E-state index contributed by atoms with van der Waals surface area (Å²) in [5.41, 5.74) is 3.21. The Morgan fingerprint density at radius 3 is 2.75 bits per heavy atom. The van der Waals surface area contributed by atoms with Crippen molar-refractivity contribution < 1.29 is 4.79 Å². The Balaban J connectivity index is 2.32. The Bertz CT molecular complexity index is 473. The molecule has 3 heteroatoms. The van der Waals surface area contributed by atoms with E-state index in [1.807, 2.05) is 26.0 Å². The van der Waals surface area contributed by atoms with Gasteiger partial charge in [0.2, 0.25) is 5.91 Å². The highest BCUT2D eigenvalue weighted by atomic mass is 16.2. The number of anilines is 1. The number of nitriles is 1. The number of amides is 1. The molecule has 1 aliphatic heterocycles. The van der Waals surface area contributed by atoms with Gasteiger partial charge in [0, 0.05) is 18.7 Å². The van der Waals surface area contributed by atoms with E-state index in [1.54, 1.807) is 4.90 Å². The number of carbonyl (C=O) groups excluding carboxylic acids is 1. The van der Waals surface area contributed by atoms with Gasteiger partial charge in [-0.3, -0.25) is 4.79 Å². The molecule has 1 unspecified atom stereocenters. The van der Waals surface area contributed by atoms with Crippen molar-refractivity contribution in [2.45, 2.75) is 20.3 Å². The molecular formula is C13H14N2O. The maximum Gasteiger partial charge on any atom is 0.228 e. The van der Waals surface area contributed by atoms with E-state index in [0.29, 0.717) is 13.0 Å². The van der Waals surface area contributed by atoms with E-state index in [9.17, 15) is 4.79 Å². The molecule has 1 atom stereocenters. The standard InChI is InChI=1S/C13H14N2O/c1-9-3-4-12(10(2)5-9)15-8-11(7-14)6-13(15)16/h3-5,11H,6,8H2,1-2H3. The quantitative estimate of drug-likeness (QED) is 0.719. The Labute approximate surface area is 95.3 Å². The fourth-order valence-corrected chi connectivity index (χ4v) is 2.14. The molecule has 1 amide bonds.